The monoisotopic (exact) mass is 361 g/mol. The molecular formula is C18H23N3O3S. The molecule has 0 aromatic heterocycles. The topological polar surface area (TPSA) is 79.2 Å². The van der Waals surface area contributed by atoms with Gasteiger partial charge in [0.05, 0.1) is 11.8 Å². The lowest BCUT2D eigenvalue weighted by Gasteiger charge is -2.20. The summed E-state index contributed by atoms with van der Waals surface area (Å²) in [7, 11) is -0.725. The smallest absolute Gasteiger partial charge is 0.273 e. The van der Waals surface area contributed by atoms with Crippen molar-refractivity contribution in [3.8, 4) is 0 Å². The first-order chi connectivity index (χ1) is 12.0. The van der Waals surface area contributed by atoms with E-state index in [1.54, 1.807) is 7.05 Å². The highest BCUT2D eigenvalue weighted by Gasteiger charge is 2.33. The molecule has 134 valence electrons. The number of amides is 1. The lowest BCUT2D eigenvalue weighted by Crippen LogP contribution is -2.28. The van der Waals surface area contributed by atoms with Crippen LogP contribution in [0.5, 0.6) is 0 Å². The van der Waals surface area contributed by atoms with E-state index < -0.39 is 10.5 Å². The van der Waals surface area contributed by atoms with Crippen molar-refractivity contribution in [1.82, 2.24) is 5.01 Å². The van der Waals surface area contributed by atoms with E-state index in [0.29, 0.717) is 12.8 Å². The number of carbonyl (C=O) groups excluding carboxylic acids is 1. The Kier molecular flexibility index (Phi) is 5.32. The van der Waals surface area contributed by atoms with Crippen LogP contribution >= 0.6 is 0 Å². The Hall–Kier alpha value is -2.02. The number of hydrogen-bond donors (Lipinski definition) is 0. The molecule has 0 spiro atoms. The normalized spacial score (nSPS) is 22.6. The molecule has 0 bridgehead atoms. The van der Waals surface area contributed by atoms with E-state index in [9.17, 15) is 13.2 Å². The summed E-state index contributed by atoms with van der Waals surface area (Å²) in [6, 6.07) is 5.78. The minimum atomic E-state index is -2.40. The van der Waals surface area contributed by atoms with Crippen LogP contribution in [0.3, 0.4) is 0 Å². The summed E-state index contributed by atoms with van der Waals surface area (Å²) >= 11 is 0. The minimum absolute atomic E-state index is 0.0290. The van der Waals surface area contributed by atoms with Gasteiger partial charge in [-0.2, -0.15) is 17.9 Å². The first kappa shape index (κ1) is 17.8. The van der Waals surface area contributed by atoms with Crippen molar-refractivity contribution < 1.29 is 13.2 Å². The molecular weight excluding hydrogens is 338 g/mol. The molecule has 6 nitrogen and oxygen atoms in total. The Balaban J connectivity index is 1.92. The van der Waals surface area contributed by atoms with E-state index in [4.69, 9.17) is 0 Å². The number of rotatable bonds is 5. The second-order valence-electron chi connectivity index (χ2n) is 6.75. The Morgan fingerprint density at radius 2 is 2.12 bits per heavy atom. The third-order valence-electron chi connectivity index (χ3n) is 5.06. The largest absolute Gasteiger partial charge is 0.311 e. The highest BCUT2D eigenvalue weighted by atomic mass is 32.2. The highest BCUT2D eigenvalue weighted by molar-refractivity contribution is 7.61. The summed E-state index contributed by atoms with van der Waals surface area (Å²) in [4.78, 5) is 11.6. The summed E-state index contributed by atoms with van der Waals surface area (Å²) in [6.07, 6.45) is 5.09. The van der Waals surface area contributed by atoms with Gasteiger partial charge in [-0.25, -0.2) is 5.01 Å². The van der Waals surface area contributed by atoms with Gasteiger partial charge in [0.2, 0.25) is 5.91 Å². The fourth-order valence-electron chi connectivity index (χ4n) is 3.74. The molecule has 25 heavy (non-hydrogen) atoms. The van der Waals surface area contributed by atoms with Gasteiger partial charge in [0, 0.05) is 19.9 Å². The van der Waals surface area contributed by atoms with Crippen molar-refractivity contribution in [2.75, 3.05) is 7.05 Å². The molecule has 1 heterocycles. The predicted molar refractivity (Wildman–Crippen MR) is 95.8 cm³/mol. The van der Waals surface area contributed by atoms with E-state index in [2.05, 4.69) is 22.5 Å². The molecule has 1 aromatic carbocycles. The summed E-state index contributed by atoms with van der Waals surface area (Å²) in [5.74, 6) is 0.266. The molecule has 0 saturated carbocycles. The van der Waals surface area contributed by atoms with Crippen molar-refractivity contribution >= 4 is 22.1 Å². The van der Waals surface area contributed by atoms with Gasteiger partial charge >= 0.3 is 10.5 Å². The second kappa shape index (κ2) is 7.47. The number of nitrogens with zero attached hydrogens (tertiary/aromatic N) is 3. The molecule has 0 saturated heterocycles. The summed E-state index contributed by atoms with van der Waals surface area (Å²) in [6.45, 7) is 2.14. The average Bonchev–Trinajstić information content (AvgIpc) is 2.91. The number of hydrogen-bond acceptors (Lipinski definition) is 5. The molecule has 1 aliphatic carbocycles. The van der Waals surface area contributed by atoms with E-state index in [1.165, 1.54) is 5.01 Å². The Bertz CT molecular complexity index is 837. The first-order valence-corrected chi connectivity index (χ1v) is 9.80. The maximum Gasteiger partial charge on any atom is 0.311 e. The van der Waals surface area contributed by atoms with Crippen molar-refractivity contribution in [3.63, 3.8) is 0 Å². The van der Waals surface area contributed by atoms with Crippen LogP contribution in [-0.2, 0) is 21.7 Å². The first-order valence-electron chi connectivity index (χ1n) is 8.77. The fourth-order valence-corrected chi connectivity index (χ4v) is 4.21. The third-order valence-corrected chi connectivity index (χ3v) is 5.46. The summed E-state index contributed by atoms with van der Waals surface area (Å²) in [5, 5.41) is 5.77. The molecule has 0 N–H and O–H groups in total. The molecule has 1 amide bonds. The number of unbranched alkanes of at least 4 members (excludes halogenated alkanes) is 1. The summed E-state index contributed by atoms with van der Waals surface area (Å²) < 4.78 is 26.2. The third kappa shape index (κ3) is 3.81. The highest BCUT2D eigenvalue weighted by Crippen LogP contribution is 2.42. The van der Waals surface area contributed by atoms with Crippen molar-refractivity contribution in [2.24, 2.45) is 15.4 Å². The SMILES string of the molecule is CCCCC1Cc2cc(C3=NN(C)C(=O)CC3)ccc2C1N=S(=O)=O. The van der Waals surface area contributed by atoms with Gasteiger partial charge in [0.15, 0.2) is 0 Å². The molecule has 0 radical (unpaired) electrons. The zero-order valence-electron chi connectivity index (χ0n) is 14.6. The van der Waals surface area contributed by atoms with E-state index >= 15 is 0 Å². The van der Waals surface area contributed by atoms with Gasteiger partial charge < -0.3 is 0 Å². The quantitative estimate of drug-likeness (QED) is 0.808. The Morgan fingerprint density at radius 1 is 1.32 bits per heavy atom. The molecule has 2 atom stereocenters. The predicted octanol–water partition coefficient (Wildman–Crippen LogP) is 3.11. The molecule has 0 fully saturated rings. The Morgan fingerprint density at radius 3 is 2.80 bits per heavy atom. The van der Waals surface area contributed by atoms with Crippen molar-refractivity contribution in [3.05, 3.63) is 34.9 Å². The van der Waals surface area contributed by atoms with Crippen LogP contribution < -0.4 is 0 Å². The zero-order chi connectivity index (χ0) is 18.0. The van der Waals surface area contributed by atoms with Crippen LogP contribution in [0.25, 0.3) is 0 Å². The average molecular weight is 361 g/mol. The van der Waals surface area contributed by atoms with Gasteiger partial charge in [0.1, 0.15) is 0 Å². The van der Waals surface area contributed by atoms with Crippen LogP contribution in [0.15, 0.2) is 27.7 Å². The summed E-state index contributed by atoms with van der Waals surface area (Å²) in [5.41, 5.74) is 4.08. The van der Waals surface area contributed by atoms with Gasteiger partial charge in [0.25, 0.3) is 0 Å². The maximum atomic E-state index is 11.6. The zero-order valence-corrected chi connectivity index (χ0v) is 15.4. The minimum Gasteiger partial charge on any atom is -0.273 e. The van der Waals surface area contributed by atoms with Crippen LogP contribution in [0, 0.1) is 5.92 Å². The van der Waals surface area contributed by atoms with Gasteiger partial charge in [-0.05, 0) is 41.5 Å². The number of hydrazone groups is 1. The van der Waals surface area contributed by atoms with E-state index in [1.807, 2.05) is 12.1 Å². The van der Waals surface area contributed by atoms with Gasteiger partial charge in [-0.1, -0.05) is 31.9 Å². The lowest BCUT2D eigenvalue weighted by atomic mass is 9.95. The number of benzene rings is 1. The van der Waals surface area contributed by atoms with Gasteiger partial charge in [-0.3, -0.25) is 4.79 Å². The standard InChI is InChI=1S/C18H23N3O3S/c1-3-4-5-13-11-14-10-12(16-8-9-17(22)21(2)19-16)6-7-15(14)18(13)20-25(23)24/h6-7,10,13,18H,3-5,8-9,11H2,1-2H3. The Labute approximate surface area is 149 Å². The number of fused-ring (bicyclic) bond motifs is 1. The molecule has 1 aromatic rings. The van der Waals surface area contributed by atoms with Crippen molar-refractivity contribution in [2.45, 2.75) is 51.5 Å². The second-order valence-corrected chi connectivity index (χ2v) is 7.40. The lowest BCUT2D eigenvalue weighted by molar-refractivity contribution is -0.130. The van der Waals surface area contributed by atoms with Crippen LogP contribution in [-0.4, -0.2) is 32.1 Å². The fraction of sp³-hybridized carbons (Fsp3) is 0.556. The van der Waals surface area contributed by atoms with Gasteiger partial charge in [-0.15, -0.1) is 0 Å². The molecule has 1 aliphatic heterocycles. The molecule has 2 unspecified atom stereocenters. The van der Waals surface area contributed by atoms with Crippen LogP contribution in [0.4, 0.5) is 0 Å². The molecule has 7 heteroatoms. The van der Waals surface area contributed by atoms with Crippen LogP contribution in [0.1, 0.15) is 61.8 Å². The molecule has 3 rings (SSSR count). The van der Waals surface area contributed by atoms with E-state index in [0.717, 1.165) is 48.1 Å². The van der Waals surface area contributed by atoms with E-state index in [-0.39, 0.29) is 17.9 Å². The van der Waals surface area contributed by atoms with Crippen LogP contribution in [0.2, 0.25) is 0 Å². The van der Waals surface area contributed by atoms with Crippen molar-refractivity contribution in [1.29, 1.82) is 0 Å². The molecule has 2 aliphatic rings. The number of carbonyl (C=O) groups is 1. The maximum absolute atomic E-state index is 11.6.